The van der Waals surface area contributed by atoms with Crippen LogP contribution in [0.15, 0.2) is 0 Å². The Hall–Kier alpha value is 0.114. The van der Waals surface area contributed by atoms with Crippen LogP contribution < -0.4 is 5.32 Å². The van der Waals surface area contributed by atoms with E-state index in [1.165, 1.54) is 0 Å². The fraction of sp³-hybridized carbons (Fsp3) is 0.500. The van der Waals surface area contributed by atoms with E-state index in [0.717, 1.165) is 0 Å². The summed E-state index contributed by atoms with van der Waals surface area (Å²) in [5, 5.41) is 2.05. The maximum absolute atomic E-state index is 10.6. The Morgan fingerprint density at radius 1 is 1.40 bits per heavy atom. The van der Waals surface area contributed by atoms with E-state index in [1.807, 2.05) is 0 Å². The summed E-state index contributed by atoms with van der Waals surface area (Å²) in [6.07, 6.45) is 0. The minimum absolute atomic E-state index is 0. The molecule has 0 saturated heterocycles. The molecule has 10 heavy (non-hydrogen) atoms. The van der Waals surface area contributed by atoms with E-state index in [0.29, 0.717) is 0 Å². The first-order valence-corrected chi connectivity index (χ1v) is 2.71. The van der Waals surface area contributed by atoms with Crippen LogP contribution in [0.2, 0.25) is 0 Å². The third-order valence-electron chi connectivity index (χ3n) is 0.787. The van der Waals surface area contributed by atoms with E-state index in [9.17, 15) is 9.59 Å². The van der Waals surface area contributed by atoms with Crippen molar-refractivity contribution in [1.82, 2.24) is 5.32 Å². The van der Waals surface area contributed by atoms with Crippen LogP contribution in [-0.4, -0.2) is 11.8 Å². The van der Waals surface area contributed by atoms with Crippen LogP contribution in [0.4, 0.5) is 0 Å². The van der Waals surface area contributed by atoms with Gasteiger partial charge >= 0.3 is 32.7 Å². The van der Waals surface area contributed by atoms with Crippen molar-refractivity contribution in [2.75, 3.05) is 0 Å². The van der Waals surface area contributed by atoms with Crippen LogP contribution in [0.25, 0.3) is 0 Å². The van der Waals surface area contributed by atoms with Crippen LogP contribution in [0.1, 0.15) is 13.8 Å². The minimum atomic E-state index is -0.547. The quantitative estimate of drug-likeness (QED) is 0.634. The van der Waals surface area contributed by atoms with Gasteiger partial charge in [-0.15, -0.1) is 0 Å². The molecular formula is C6H10NO2Y+2. The van der Waals surface area contributed by atoms with Gasteiger partial charge in [-0.3, -0.25) is 4.79 Å². The summed E-state index contributed by atoms with van der Waals surface area (Å²) in [4.78, 5) is 20.7. The van der Waals surface area contributed by atoms with Gasteiger partial charge in [0, 0.05) is 5.92 Å². The Bertz CT molecular complexity index is 134. The van der Waals surface area contributed by atoms with E-state index < -0.39 is 5.91 Å². The van der Waals surface area contributed by atoms with E-state index in [4.69, 9.17) is 0 Å². The Balaban J connectivity index is 0. The second-order valence-corrected chi connectivity index (χ2v) is 2.07. The molecule has 0 aliphatic heterocycles. The third-order valence-corrected chi connectivity index (χ3v) is 0.787. The zero-order valence-corrected chi connectivity index (χ0v) is 9.02. The molecule has 0 atom stereocenters. The van der Waals surface area contributed by atoms with Gasteiger partial charge in [0.2, 0.25) is 5.91 Å². The standard InChI is InChI=1S/C6H10NO2.Y/c1-4(2)6(9)7-5(3)8;/h4H,3H2,1-2H3,(H,7,8,9);/q-1;+3. The predicted molar refractivity (Wildman–Crippen MR) is 33.3 cm³/mol. The zero-order chi connectivity index (χ0) is 7.44. The summed E-state index contributed by atoms with van der Waals surface area (Å²) >= 11 is 0. The van der Waals surface area contributed by atoms with Gasteiger partial charge in [0.25, 0.3) is 0 Å². The fourth-order valence-corrected chi connectivity index (χ4v) is 0.282. The van der Waals surface area contributed by atoms with Crippen molar-refractivity contribution in [3.63, 3.8) is 0 Å². The molecule has 0 unspecified atom stereocenters. The number of hydrogen-bond donors (Lipinski definition) is 1. The van der Waals surface area contributed by atoms with Gasteiger partial charge in [-0.2, -0.15) is 0 Å². The van der Waals surface area contributed by atoms with Crippen molar-refractivity contribution in [1.29, 1.82) is 0 Å². The molecule has 2 amide bonds. The van der Waals surface area contributed by atoms with Gasteiger partial charge in [-0.25, -0.2) is 0 Å². The second kappa shape index (κ2) is 5.87. The molecule has 0 radical (unpaired) electrons. The monoisotopic (exact) mass is 217 g/mol. The minimum Gasteiger partial charge on any atom is -0.322 e. The summed E-state index contributed by atoms with van der Waals surface area (Å²) in [5.74, 6) is -0.987. The number of imide groups is 1. The first kappa shape index (κ1) is 12.8. The summed E-state index contributed by atoms with van der Waals surface area (Å²) < 4.78 is 0. The van der Waals surface area contributed by atoms with Crippen LogP contribution in [0, 0.1) is 12.8 Å². The SMILES string of the molecule is [CH2-]C(=O)NC(=O)C(C)C.[Y+3]. The average Bonchev–Trinajstić information content (AvgIpc) is 1.63. The molecule has 0 saturated carbocycles. The zero-order valence-electron chi connectivity index (χ0n) is 6.18. The van der Waals surface area contributed by atoms with Gasteiger partial charge in [0.05, 0.1) is 5.91 Å². The van der Waals surface area contributed by atoms with E-state index in [1.54, 1.807) is 13.8 Å². The number of rotatable bonds is 1. The Labute approximate surface area is 85.8 Å². The summed E-state index contributed by atoms with van der Waals surface area (Å²) in [5.41, 5.74) is 0. The molecule has 0 aromatic carbocycles. The van der Waals surface area contributed by atoms with E-state index >= 15 is 0 Å². The number of amides is 2. The Morgan fingerprint density at radius 3 is 1.90 bits per heavy atom. The first-order chi connectivity index (χ1) is 4.04. The smallest absolute Gasteiger partial charge is 0.322 e. The number of hydrogen-bond acceptors (Lipinski definition) is 2. The molecule has 0 aromatic heterocycles. The van der Waals surface area contributed by atoms with Crippen LogP contribution in [0.5, 0.6) is 0 Å². The van der Waals surface area contributed by atoms with Crippen molar-refractivity contribution in [3.8, 4) is 0 Å². The average molecular weight is 217 g/mol. The summed E-state index contributed by atoms with van der Waals surface area (Å²) in [6.45, 7) is 6.40. The maximum Gasteiger partial charge on any atom is 3.00 e. The molecule has 0 bridgehead atoms. The van der Waals surface area contributed by atoms with Crippen molar-refractivity contribution in [2.24, 2.45) is 5.92 Å². The number of nitrogens with one attached hydrogen (secondary N) is 1. The second-order valence-electron chi connectivity index (χ2n) is 2.07. The molecule has 1 N–H and O–H groups in total. The molecule has 0 aromatic rings. The predicted octanol–water partition coefficient (Wildman–Crippen LogP) is 0.117. The number of carbonyl (C=O) groups is 2. The Kier molecular flexibility index (Phi) is 7.49. The molecule has 3 nitrogen and oxygen atoms in total. The summed E-state index contributed by atoms with van der Waals surface area (Å²) in [6, 6.07) is 0. The molecule has 0 rings (SSSR count). The van der Waals surface area contributed by atoms with Gasteiger partial charge in [0.15, 0.2) is 0 Å². The van der Waals surface area contributed by atoms with Gasteiger partial charge in [0.1, 0.15) is 0 Å². The van der Waals surface area contributed by atoms with Gasteiger partial charge in [-0.05, 0) is 0 Å². The molecular weight excluding hydrogens is 207 g/mol. The molecule has 0 aliphatic carbocycles. The van der Waals surface area contributed by atoms with Crippen molar-refractivity contribution in [3.05, 3.63) is 6.92 Å². The van der Waals surface area contributed by atoms with Crippen LogP contribution in [-0.2, 0) is 42.3 Å². The largest absolute Gasteiger partial charge is 3.00 e. The first-order valence-electron chi connectivity index (χ1n) is 2.71. The topological polar surface area (TPSA) is 46.2 Å². The third kappa shape index (κ3) is 6.24. The fourth-order valence-electron chi connectivity index (χ4n) is 0.282. The molecule has 0 heterocycles. The van der Waals surface area contributed by atoms with Crippen molar-refractivity contribution < 1.29 is 42.3 Å². The van der Waals surface area contributed by atoms with Crippen molar-refractivity contribution in [2.45, 2.75) is 13.8 Å². The molecule has 4 heteroatoms. The maximum atomic E-state index is 10.6. The molecule has 0 spiro atoms. The van der Waals surface area contributed by atoms with Crippen LogP contribution in [0.3, 0.4) is 0 Å². The molecule has 0 fully saturated rings. The van der Waals surface area contributed by atoms with Gasteiger partial charge in [-0.1, -0.05) is 13.8 Å². The van der Waals surface area contributed by atoms with Crippen LogP contribution >= 0.6 is 0 Å². The van der Waals surface area contributed by atoms with E-state index in [-0.39, 0.29) is 44.5 Å². The van der Waals surface area contributed by atoms with E-state index in [2.05, 4.69) is 12.2 Å². The molecule has 0 aliphatic rings. The number of carbonyl (C=O) groups excluding carboxylic acids is 2. The van der Waals surface area contributed by atoms with Gasteiger partial charge < -0.3 is 17.0 Å². The molecule has 52 valence electrons. The normalized spacial score (nSPS) is 8.30. The van der Waals surface area contributed by atoms with Crippen molar-refractivity contribution >= 4 is 11.8 Å². The summed E-state index contributed by atoms with van der Waals surface area (Å²) in [7, 11) is 0. The Morgan fingerprint density at radius 2 is 1.80 bits per heavy atom.